The lowest BCUT2D eigenvalue weighted by molar-refractivity contribution is -0.870. The van der Waals surface area contributed by atoms with Gasteiger partial charge in [-0.3, -0.25) is 0 Å². The van der Waals surface area contributed by atoms with Crippen molar-refractivity contribution in [3.05, 3.63) is 0 Å². The molecule has 4 heteroatoms. The fourth-order valence-corrected chi connectivity index (χ4v) is 6.98. The molecule has 3 nitrogen and oxygen atoms in total. The maximum absolute atomic E-state index is 2.30. The van der Waals surface area contributed by atoms with E-state index in [1.165, 1.54) is 244 Å². The van der Waals surface area contributed by atoms with Crippen LogP contribution in [0.1, 0.15) is 245 Å². The third kappa shape index (κ3) is 60.3. The average Bonchev–Trinajstić information content (AvgIpc) is 3.03. The molecule has 0 saturated carbocycles. The van der Waals surface area contributed by atoms with Crippen molar-refractivity contribution in [1.82, 2.24) is 0 Å². The van der Waals surface area contributed by atoms with Gasteiger partial charge in [0.2, 0.25) is 0 Å². The molecule has 0 fully saturated rings. The second kappa shape index (κ2) is 45.3. The van der Waals surface area contributed by atoms with Crippen molar-refractivity contribution in [2.24, 2.45) is 0 Å². The third-order valence-electron chi connectivity index (χ3n) is 10.4. The minimum absolute atomic E-state index is 0. The van der Waals surface area contributed by atoms with Crippen LogP contribution in [-0.2, 0) is 0 Å². The summed E-state index contributed by atoms with van der Waals surface area (Å²) >= 11 is 0. The van der Waals surface area contributed by atoms with Crippen LogP contribution < -0.4 is 12.4 Å². The standard InChI is InChI=1S/C25H54N.C21H46N.ClH.H2O/c1-5-6-7-8-9-10-11-12-13-14-15-16-17-18-19-20-21-22-23-24-25-26(2,3)4;1-5-6-7-8-9-10-11-12-13-14-15-16-17-18-19-20-21-22(2,3)4;;/h5-25H2,1-4H3;5-21H2,1-4H3;1H;1H2/q2*+1;;/p-2. The van der Waals surface area contributed by atoms with E-state index in [-0.39, 0.29) is 17.9 Å². The van der Waals surface area contributed by atoms with Gasteiger partial charge in [-0.2, -0.15) is 0 Å². The highest BCUT2D eigenvalue weighted by molar-refractivity contribution is 4.52. The van der Waals surface area contributed by atoms with E-state index in [4.69, 9.17) is 0 Å². The molecule has 0 unspecified atom stereocenters. The van der Waals surface area contributed by atoms with Crippen molar-refractivity contribution in [3.63, 3.8) is 0 Å². The molecule has 0 aromatic rings. The lowest BCUT2D eigenvalue weighted by Gasteiger charge is -2.23. The lowest BCUT2D eigenvalue weighted by atomic mass is 10.0. The molecule has 0 aromatic carbocycles. The molecule has 0 saturated heterocycles. The number of nitrogens with zero attached hydrogens (tertiary/aromatic N) is 2. The van der Waals surface area contributed by atoms with E-state index in [9.17, 15) is 0 Å². The second-order valence-corrected chi connectivity index (χ2v) is 18.0. The molecular formula is C46H101ClN2O. The minimum atomic E-state index is 0. The van der Waals surface area contributed by atoms with Crippen molar-refractivity contribution in [3.8, 4) is 0 Å². The third-order valence-corrected chi connectivity index (χ3v) is 10.4. The zero-order chi connectivity index (χ0) is 35.9. The number of unbranched alkanes of at least 4 members (excludes halogenated alkanes) is 34. The monoisotopic (exact) mass is 733 g/mol. The topological polar surface area (TPSA) is 30.0 Å². The van der Waals surface area contributed by atoms with Crippen LogP contribution in [0.5, 0.6) is 0 Å². The van der Waals surface area contributed by atoms with Crippen LogP contribution in [0.3, 0.4) is 0 Å². The smallest absolute Gasteiger partial charge is 0.0780 e. The van der Waals surface area contributed by atoms with Gasteiger partial charge in [0, 0.05) is 0 Å². The summed E-state index contributed by atoms with van der Waals surface area (Å²) in [6.45, 7) is 7.26. The van der Waals surface area contributed by atoms with E-state index in [0.29, 0.717) is 0 Å². The maximum Gasteiger partial charge on any atom is 0.0780 e. The van der Waals surface area contributed by atoms with Gasteiger partial charge in [-0.05, 0) is 25.7 Å². The summed E-state index contributed by atoms with van der Waals surface area (Å²) in [7, 11) is 13.8. The van der Waals surface area contributed by atoms with E-state index in [0.717, 1.165) is 8.97 Å². The van der Waals surface area contributed by atoms with Crippen LogP contribution in [0.15, 0.2) is 0 Å². The Kier molecular flexibility index (Phi) is 51.6. The lowest BCUT2D eigenvalue weighted by Crippen LogP contribution is -3.00. The summed E-state index contributed by atoms with van der Waals surface area (Å²) < 4.78 is 2.25. The van der Waals surface area contributed by atoms with Crippen LogP contribution >= 0.6 is 0 Å². The molecule has 50 heavy (non-hydrogen) atoms. The van der Waals surface area contributed by atoms with Crippen LogP contribution in [-0.4, -0.2) is 69.8 Å². The minimum Gasteiger partial charge on any atom is -1.00 e. The van der Waals surface area contributed by atoms with Crippen molar-refractivity contribution < 1.29 is 26.8 Å². The van der Waals surface area contributed by atoms with E-state index >= 15 is 0 Å². The zero-order valence-electron chi connectivity index (χ0n) is 36.6. The predicted molar refractivity (Wildman–Crippen MR) is 225 cm³/mol. The number of rotatable bonds is 38. The van der Waals surface area contributed by atoms with Gasteiger partial charge in [0.05, 0.1) is 55.4 Å². The van der Waals surface area contributed by atoms with Crippen LogP contribution in [0.25, 0.3) is 0 Å². The van der Waals surface area contributed by atoms with E-state index in [1.54, 1.807) is 0 Å². The summed E-state index contributed by atoms with van der Waals surface area (Å²) in [5, 5.41) is 0. The predicted octanol–water partition coefficient (Wildman–Crippen LogP) is 12.3. The first-order chi connectivity index (χ1) is 23.1. The molecule has 1 N–H and O–H groups in total. The molecule has 0 aliphatic rings. The first-order valence-corrected chi connectivity index (χ1v) is 22.7. The summed E-state index contributed by atoms with van der Waals surface area (Å²) in [5.74, 6) is 0. The molecule has 0 aliphatic heterocycles. The second-order valence-electron chi connectivity index (χ2n) is 18.0. The van der Waals surface area contributed by atoms with Gasteiger partial charge in [0.15, 0.2) is 0 Å². The fourth-order valence-electron chi connectivity index (χ4n) is 6.98. The number of halogens is 1. The summed E-state index contributed by atoms with van der Waals surface area (Å²) in [4.78, 5) is 0. The Morgan fingerprint density at radius 3 is 0.460 bits per heavy atom. The maximum atomic E-state index is 2.30. The molecule has 0 atom stereocenters. The Hall–Kier alpha value is 0.170. The first kappa shape index (κ1) is 56.9. The van der Waals surface area contributed by atoms with Crippen molar-refractivity contribution >= 4 is 0 Å². The molecular weight excluding hydrogens is 632 g/mol. The molecule has 308 valence electrons. The molecule has 0 rings (SSSR count). The Bertz CT molecular complexity index is 571. The van der Waals surface area contributed by atoms with Gasteiger partial charge >= 0.3 is 0 Å². The Balaban J connectivity index is -0.000000412. The fraction of sp³-hybridized carbons (Fsp3) is 1.00. The highest BCUT2D eigenvalue weighted by Crippen LogP contribution is 2.16. The van der Waals surface area contributed by atoms with E-state index in [1.807, 2.05) is 0 Å². The van der Waals surface area contributed by atoms with Gasteiger partial charge in [-0.25, -0.2) is 0 Å². The SMILES string of the molecule is CCCCCCCCCCCCCCCCCCCCCC[N+](C)(C)C.CCCCCCCCCCCCCCCCCC[N+](C)(C)C.[Cl-].[OH-]. The Labute approximate surface area is 326 Å². The zero-order valence-corrected chi connectivity index (χ0v) is 37.3. The molecule has 0 bridgehead atoms. The summed E-state index contributed by atoms with van der Waals surface area (Å²) in [6.07, 6.45) is 52.7. The van der Waals surface area contributed by atoms with Crippen LogP contribution in [0.2, 0.25) is 0 Å². The van der Waals surface area contributed by atoms with Gasteiger partial charge in [-0.1, -0.05) is 219 Å². The largest absolute Gasteiger partial charge is 1.00 e. The van der Waals surface area contributed by atoms with Crippen LogP contribution in [0.4, 0.5) is 0 Å². The molecule has 0 amide bonds. The van der Waals surface area contributed by atoms with Gasteiger partial charge in [0.25, 0.3) is 0 Å². The highest BCUT2D eigenvalue weighted by Gasteiger charge is 2.06. The molecule has 0 heterocycles. The van der Waals surface area contributed by atoms with E-state index in [2.05, 4.69) is 56.1 Å². The molecule has 0 spiro atoms. The van der Waals surface area contributed by atoms with Gasteiger partial charge in [-0.15, -0.1) is 0 Å². The van der Waals surface area contributed by atoms with Gasteiger partial charge in [0.1, 0.15) is 0 Å². The summed E-state index contributed by atoms with van der Waals surface area (Å²) in [5.41, 5.74) is 0. The molecule has 0 aromatic heterocycles. The normalized spacial score (nSPS) is 11.5. The molecule has 0 radical (unpaired) electrons. The van der Waals surface area contributed by atoms with Crippen molar-refractivity contribution in [2.75, 3.05) is 55.4 Å². The summed E-state index contributed by atoms with van der Waals surface area (Å²) in [6, 6.07) is 0. The first-order valence-electron chi connectivity index (χ1n) is 22.7. The average molecular weight is 734 g/mol. The Morgan fingerprint density at radius 2 is 0.340 bits per heavy atom. The number of quaternary nitrogens is 2. The van der Waals surface area contributed by atoms with Crippen LogP contribution in [0, 0.1) is 0 Å². The number of hydrogen-bond donors (Lipinski definition) is 0. The Morgan fingerprint density at radius 1 is 0.220 bits per heavy atom. The van der Waals surface area contributed by atoms with Crippen molar-refractivity contribution in [2.45, 2.75) is 245 Å². The highest BCUT2D eigenvalue weighted by atomic mass is 35.5. The number of hydrogen-bond acceptors (Lipinski definition) is 1. The quantitative estimate of drug-likeness (QED) is 0.0459. The van der Waals surface area contributed by atoms with Crippen molar-refractivity contribution in [1.29, 1.82) is 0 Å². The van der Waals surface area contributed by atoms with Gasteiger partial charge < -0.3 is 26.8 Å². The van der Waals surface area contributed by atoms with E-state index < -0.39 is 0 Å². The molecule has 0 aliphatic carbocycles.